The summed E-state index contributed by atoms with van der Waals surface area (Å²) in [7, 11) is 2.18. The fourth-order valence-corrected chi connectivity index (χ4v) is 13.1. The number of methoxy groups -OCH3 is 3. The second-order valence-electron chi connectivity index (χ2n) is 11.8. The van der Waals surface area contributed by atoms with E-state index in [9.17, 15) is 0 Å². The van der Waals surface area contributed by atoms with Crippen molar-refractivity contribution in [1.29, 1.82) is 0 Å². The normalized spacial score (nSPS) is 15.7. The second kappa shape index (κ2) is 15.8. The summed E-state index contributed by atoms with van der Waals surface area (Å²) in [6.45, 7) is 22.1. The molecule has 0 bridgehead atoms. The van der Waals surface area contributed by atoms with Crippen LogP contribution in [0, 0.1) is 47.6 Å². The van der Waals surface area contributed by atoms with Crippen LogP contribution in [0.1, 0.15) is 61.1 Å². The SMILES string of the molecule is COc1cc(C)c(C)cc1[Si](c1cc(C)c(C)cc1OC)(c1cc(C)c(C)cc1OC)C1(C)[C-]=C(C)C(C)=C1C.[Cl-].[Cl-].[Cl-].[Ti+4]. The first-order valence-electron chi connectivity index (χ1n) is 14.1. The number of hydrogen-bond acceptors (Lipinski definition) is 3. The van der Waals surface area contributed by atoms with Crippen molar-refractivity contribution in [2.45, 2.75) is 74.3 Å². The van der Waals surface area contributed by atoms with Gasteiger partial charge < -0.3 is 51.4 Å². The zero-order valence-electron chi connectivity index (χ0n) is 28.3. The fraction of sp³-hybridized carbons (Fsp3) is 0.389. The van der Waals surface area contributed by atoms with Crippen molar-refractivity contribution >= 4 is 23.6 Å². The summed E-state index contributed by atoms with van der Waals surface area (Å²) in [6, 6.07) is 13.7. The van der Waals surface area contributed by atoms with E-state index >= 15 is 0 Å². The van der Waals surface area contributed by atoms with E-state index < -0.39 is 13.1 Å². The zero-order valence-corrected chi connectivity index (χ0v) is 33.2. The molecule has 0 saturated heterocycles. The Labute approximate surface area is 300 Å². The van der Waals surface area contributed by atoms with Crippen LogP contribution >= 0.6 is 0 Å². The van der Waals surface area contributed by atoms with Gasteiger partial charge in [-0.25, -0.2) is 5.57 Å². The van der Waals surface area contributed by atoms with Gasteiger partial charge in [0.15, 0.2) is 8.07 Å². The molecule has 1 aliphatic rings. The molecule has 3 nitrogen and oxygen atoms in total. The molecule has 0 saturated carbocycles. The quantitative estimate of drug-likeness (QED) is 0.160. The standard InChI is InChI=1S/C36H45O3Si.3ClH.Ti/c1-21-14-30(37-11)33(17-24(21)4)40(36(10)20-27(7)28(8)29(36)9,34-18-25(5)22(2)15-31(34)38-12)35-19-26(6)23(3)16-32(35)39-13;;;;/h14-19H,1-13H3;3*1H;/q-1;;;;+4/p-3. The van der Waals surface area contributed by atoms with E-state index in [4.69, 9.17) is 14.2 Å². The van der Waals surface area contributed by atoms with Crippen LogP contribution in [0.25, 0.3) is 0 Å². The van der Waals surface area contributed by atoms with Crippen molar-refractivity contribution in [3.63, 3.8) is 0 Å². The first-order valence-corrected chi connectivity index (χ1v) is 16.1. The molecule has 4 rings (SSSR count). The molecule has 0 fully saturated rings. The third kappa shape index (κ3) is 6.46. The van der Waals surface area contributed by atoms with Gasteiger partial charge in [0.25, 0.3) is 0 Å². The van der Waals surface area contributed by atoms with Gasteiger partial charge in [0.2, 0.25) is 0 Å². The third-order valence-corrected chi connectivity index (χ3v) is 15.3. The van der Waals surface area contributed by atoms with E-state index in [-0.39, 0.29) is 58.9 Å². The number of allylic oxidation sites excluding steroid dienone is 4. The molecule has 1 unspecified atom stereocenters. The predicted molar refractivity (Wildman–Crippen MR) is 171 cm³/mol. The Morgan fingerprint density at radius 2 is 0.795 bits per heavy atom. The van der Waals surface area contributed by atoms with Crippen LogP contribution < -0.4 is 67.0 Å². The number of ether oxygens (including phenoxy) is 3. The van der Waals surface area contributed by atoms with Gasteiger partial charge >= 0.3 is 21.7 Å². The maximum Gasteiger partial charge on any atom is 4.00 e. The van der Waals surface area contributed by atoms with Crippen LogP contribution in [-0.2, 0) is 21.7 Å². The van der Waals surface area contributed by atoms with E-state index in [1.165, 1.54) is 65.7 Å². The summed E-state index contributed by atoms with van der Waals surface area (Å²) in [5.74, 6) is 2.69. The molecule has 1 atom stereocenters. The first kappa shape index (κ1) is 42.3. The molecule has 3 aromatic rings. The zero-order chi connectivity index (χ0) is 29.7. The molecule has 236 valence electrons. The average molecular weight is 708 g/mol. The van der Waals surface area contributed by atoms with Crippen molar-refractivity contribution in [2.24, 2.45) is 0 Å². The second-order valence-corrected chi connectivity index (χ2v) is 15.9. The molecular weight excluding hydrogens is 663 g/mol. The Hall–Kier alpha value is -1.66. The fourth-order valence-electron chi connectivity index (χ4n) is 6.59. The van der Waals surface area contributed by atoms with Gasteiger partial charge in [-0.3, -0.25) is 6.08 Å². The van der Waals surface area contributed by atoms with Gasteiger partial charge in [0, 0.05) is 0 Å². The molecule has 0 N–H and O–H groups in total. The van der Waals surface area contributed by atoms with Crippen molar-refractivity contribution in [1.82, 2.24) is 0 Å². The largest absolute Gasteiger partial charge is 4.00 e. The summed E-state index contributed by atoms with van der Waals surface area (Å²) in [5.41, 5.74) is 11.2. The molecule has 3 aromatic carbocycles. The van der Waals surface area contributed by atoms with Crippen LogP contribution in [0.5, 0.6) is 17.2 Å². The van der Waals surface area contributed by atoms with Crippen molar-refractivity contribution in [3.05, 3.63) is 92.6 Å². The summed E-state index contributed by atoms with van der Waals surface area (Å²) in [6.07, 6.45) is 4.06. The number of rotatable bonds is 7. The summed E-state index contributed by atoms with van der Waals surface area (Å²) in [4.78, 5) is 0. The number of aryl methyl sites for hydroxylation is 6. The van der Waals surface area contributed by atoms with E-state index in [1.54, 1.807) is 21.3 Å². The van der Waals surface area contributed by atoms with Crippen LogP contribution in [-0.4, -0.2) is 29.4 Å². The topological polar surface area (TPSA) is 27.7 Å². The Bertz CT molecular complexity index is 1440. The van der Waals surface area contributed by atoms with E-state index in [2.05, 4.69) is 112 Å². The van der Waals surface area contributed by atoms with E-state index in [0.29, 0.717) is 0 Å². The maximum absolute atomic E-state index is 6.28. The van der Waals surface area contributed by atoms with Gasteiger partial charge in [-0.05, 0) is 109 Å². The molecule has 0 spiro atoms. The van der Waals surface area contributed by atoms with Crippen molar-refractivity contribution in [3.8, 4) is 17.2 Å². The van der Waals surface area contributed by atoms with Gasteiger partial charge in [0.05, 0.1) is 21.3 Å². The third-order valence-electron chi connectivity index (χ3n) is 9.72. The van der Waals surface area contributed by atoms with Crippen molar-refractivity contribution < 1.29 is 73.1 Å². The Morgan fingerprint density at radius 3 is 1.02 bits per heavy atom. The molecule has 8 heteroatoms. The molecule has 0 amide bonds. The smallest absolute Gasteiger partial charge is 1.00 e. The van der Waals surface area contributed by atoms with Gasteiger partial charge in [0.1, 0.15) is 17.2 Å². The monoisotopic (exact) mass is 706 g/mol. The summed E-state index contributed by atoms with van der Waals surface area (Å²) in [5, 5.41) is 3.16. The summed E-state index contributed by atoms with van der Waals surface area (Å²) < 4.78 is 18.8. The molecule has 0 heterocycles. The minimum absolute atomic E-state index is 0. The average Bonchev–Trinajstić information content (AvgIpc) is 3.12. The minimum atomic E-state index is -3.19. The molecule has 1 aliphatic carbocycles. The molecular formula is C36H45Cl3O3SiTi. The van der Waals surface area contributed by atoms with Gasteiger partial charge in [-0.1, -0.05) is 44.0 Å². The van der Waals surface area contributed by atoms with Crippen LogP contribution in [0.3, 0.4) is 0 Å². The summed E-state index contributed by atoms with van der Waals surface area (Å²) >= 11 is 0. The van der Waals surface area contributed by atoms with Gasteiger partial charge in [-0.2, -0.15) is 11.1 Å². The van der Waals surface area contributed by atoms with Crippen LogP contribution in [0.2, 0.25) is 5.04 Å². The molecule has 44 heavy (non-hydrogen) atoms. The molecule has 0 aromatic heterocycles. The maximum atomic E-state index is 6.28. The van der Waals surface area contributed by atoms with E-state index in [1.807, 2.05) is 0 Å². The Kier molecular flexibility index (Phi) is 15.2. The first-order chi connectivity index (χ1) is 18.8. The number of halogens is 3. The minimum Gasteiger partial charge on any atom is -1.00 e. The molecule has 0 aliphatic heterocycles. The van der Waals surface area contributed by atoms with Crippen LogP contribution in [0.4, 0.5) is 0 Å². The molecule has 0 radical (unpaired) electrons. The Balaban J connectivity index is 0.00000462. The Morgan fingerprint density at radius 1 is 0.523 bits per heavy atom. The number of hydrogen-bond donors (Lipinski definition) is 0. The number of benzene rings is 3. The van der Waals surface area contributed by atoms with Gasteiger partial charge in [-0.15, -0.1) is 6.92 Å². The van der Waals surface area contributed by atoms with Crippen molar-refractivity contribution in [2.75, 3.05) is 21.3 Å². The van der Waals surface area contributed by atoms with Crippen LogP contribution in [0.15, 0.2) is 53.1 Å². The van der Waals surface area contributed by atoms with E-state index in [0.717, 1.165) is 17.2 Å². The predicted octanol–water partition coefficient (Wildman–Crippen LogP) is -2.10.